The number of hydrogen-bond acceptors (Lipinski definition) is 3. The van der Waals surface area contributed by atoms with Crippen molar-refractivity contribution in [2.24, 2.45) is 0 Å². The number of carbonyl (C=O) groups is 1. The molecule has 0 fully saturated rings. The molecule has 0 saturated carbocycles. The minimum Gasteiger partial charge on any atom is -0.428 e. The molecule has 4 nitrogen and oxygen atoms in total. The maximum atomic E-state index is 13.7. The van der Waals surface area contributed by atoms with E-state index in [1.165, 1.54) is 12.1 Å². The van der Waals surface area contributed by atoms with Crippen molar-refractivity contribution in [3.8, 4) is 16.9 Å². The highest BCUT2D eigenvalue weighted by molar-refractivity contribution is 6.30. The predicted octanol–water partition coefficient (Wildman–Crippen LogP) is 8.67. The molecule has 0 bridgehead atoms. The van der Waals surface area contributed by atoms with Crippen LogP contribution < -0.4 is 10.1 Å². The molecule has 4 aromatic rings. The van der Waals surface area contributed by atoms with Crippen molar-refractivity contribution in [2.45, 2.75) is 50.4 Å². The number of alkyl halides is 4. The van der Waals surface area contributed by atoms with Gasteiger partial charge in [0.1, 0.15) is 5.75 Å². The van der Waals surface area contributed by atoms with E-state index in [1.54, 1.807) is 30.3 Å². The van der Waals surface area contributed by atoms with Crippen LogP contribution >= 0.6 is 11.6 Å². The van der Waals surface area contributed by atoms with Crippen LogP contribution in [0.3, 0.4) is 0 Å². The van der Waals surface area contributed by atoms with Crippen LogP contribution in [0.4, 0.5) is 17.6 Å². The van der Waals surface area contributed by atoms with E-state index in [0.29, 0.717) is 21.7 Å². The lowest BCUT2D eigenvalue weighted by Gasteiger charge is -2.26. The third kappa shape index (κ3) is 7.49. The SMILES string of the molecule is O=C(NC(Cc1cccc(OC(F)(F)C(F)F)c1)C(O)c1ccc(-c2cccc(Cl)c2)cc1)c1cccc2c1C=CCCC2. The second-order valence-electron chi connectivity index (χ2n) is 10.6. The van der Waals surface area contributed by atoms with Crippen molar-refractivity contribution in [3.63, 3.8) is 0 Å². The molecule has 0 saturated heterocycles. The van der Waals surface area contributed by atoms with Crippen molar-refractivity contribution in [3.05, 3.63) is 130 Å². The van der Waals surface area contributed by atoms with E-state index < -0.39 is 36.3 Å². The average molecular weight is 624 g/mol. The van der Waals surface area contributed by atoms with Gasteiger partial charge in [-0.2, -0.15) is 17.6 Å². The zero-order chi connectivity index (χ0) is 31.3. The molecule has 1 aliphatic carbocycles. The van der Waals surface area contributed by atoms with Crippen LogP contribution in [0.5, 0.6) is 5.75 Å². The normalized spacial score (nSPS) is 14.4. The van der Waals surface area contributed by atoms with Crippen LogP contribution in [0.2, 0.25) is 5.02 Å². The second-order valence-corrected chi connectivity index (χ2v) is 11.1. The highest BCUT2D eigenvalue weighted by Crippen LogP contribution is 2.30. The molecule has 228 valence electrons. The monoisotopic (exact) mass is 623 g/mol. The molecule has 0 aliphatic heterocycles. The third-order valence-corrected chi connectivity index (χ3v) is 7.75. The predicted molar refractivity (Wildman–Crippen MR) is 163 cm³/mol. The third-order valence-electron chi connectivity index (χ3n) is 7.51. The Labute approximate surface area is 258 Å². The number of amides is 1. The fraction of sp³-hybridized carbons (Fsp3) is 0.229. The summed E-state index contributed by atoms with van der Waals surface area (Å²) in [6, 6.07) is 24.4. The first-order valence-corrected chi connectivity index (χ1v) is 14.6. The van der Waals surface area contributed by atoms with Crippen LogP contribution in [0.25, 0.3) is 17.2 Å². The number of ether oxygens (including phenoxy) is 1. The van der Waals surface area contributed by atoms with Gasteiger partial charge in [0, 0.05) is 10.6 Å². The lowest BCUT2D eigenvalue weighted by atomic mass is 9.93. The van der Waals surface area contributed by atoms with E-state index in [4.69, 9.17) is 11.6 Å². The van der Waals surface area contributed by atoms with Gasteiger partial charge in [0.05, 0.1) is 12.1 Å². The Morgan fingerprint density at radius 1 is 0.955 bits per heavy atom. The summed E-state index contributed by atoms with van der Waals surface area (Å²) in [6.07, 6.45) is -3.26. The molecule has 44 heavy (non-hydrogen) atoms. The van der Waals surface area contributed by atoms with Crippen LogP contribution in [0, 0.1) is 0 Å². The minimum atomic E-state index is -4.67. The quantitative estimate of drug-likeness (QED) is 0.174. The number of allylic oxidation sites excluding steroid dienone is 1. The summed E-state index contributed by atoms with van der Waals surface area (Å²) in [5, 5.41) is 15.1. The number of halogens is 5. The average Bonchev–Trinajstić information content (AvgIpc) is 3.26. The topological polar surface area (TPSA) is 58.6 Å². The number of benzene rings is 4. The summed E-state index contributed by atoms with van der Waals surface area (Å²) < 4.78 is 56.9. The molecule has 2 N–H and O–H groups in total. The summed E-state index contributed by atoms with van der Waals surface area (Å²) in [5.41, 5.74) is 4.95. The Kier molecular flexibility index (Phi) is 9.71. The maximum absolute atomic E-state index is 13.7. The summed E-state index contributed by atoms with van der Waals surface area (Å²) in [7, 11) is 0. The summed E-state index contributed by atoms with van der Waals surface area (Å²) >= 11 is 6.14. The van der Waals surface area contributed by atoms with Crippen LogP contribution in [0.15, 0.2) is 97.1 Å². The Hall–Kier alpha value is -4.14. The number of aliphatic hydroxyl groups excluding tert-OH is 1. The first kappa shape index (κ1) is 31.3. The number of rotatable bonds is 10. The molecule has 1 amide bonds. The van der Waals surface area contributed by atoms with Gasteiger partial charge >= 0.3 is 12.5 Å². The van der Waals surface area contributed by atoms with Crippen molar-refractivity contribution >= 4 is 23.6 Å². The summed E-state index contributed by atoms with van der Waals surface area (Å²) in [4.78, 5) is 13.7. The summed E-state index contributed by atoms with van der Waals surface area (Å²) in [5.74, 6) is -0.874. The van der Waals surface area contributed by atoms with Gasteiger partial charge in [0.15, 0.2) is 0 Å². The molecule has 0 heterocycles. The molecular formula is C35H30ClF4NO3. The Morgan fingerprint density at radius 3 is 2.45 bits per heavy atom. The van der Waals surface area contributed by atoms with E-state index in [-0.39, 0.29) is 6.42 Å². The number of hydrogen-bond donors (Lipinski definition) is 2. The van der Waals surface area contributed by atoms with Gasteiger partial charge in [0.2, 0.25) is 0 Å². The van der Waals surface area contributed by atoms with Gasteiger partial charge in [-0.25, -0.2) is 0 Å². The molecule has 1 aliphatic rings. The highest BCUT2D eigenvalue weighted by Gasteiger charge is 2.44. The summed E-state index contributed by atoms with van der Waals surface area (Å²) in [6.45, 7) is 0. The van der Waals surface area contributed by atoms with Crippen molar-refractivity contribution < 1.29 is 32.2 Å². The van der Waals surface area contributed by atoms with Gasteiger partial charge in [-0.15, -0.1) is 0 Å². The van der Waals surface area contributed by atoms with E-state index >= 15 is 0 Å². The molecule has 2 atom stereocenters. The lowest BCUT2D eigenvalue weighted by Crippen LogP contribution is -2.41. The first-order valence-electron chi connectivity index (χ1n) is 14.2. The van der Waals surface area contributed by atoms with Gasteiger partial charge in [0.25, 0.3) is 5.91 Å². The number of fused-ring (bicyclic) bond motifs is 1. The van der Waals surface area contributed by atoms with Crippen LogP contribution in [-0.4, -0.2) is 29.6 Å². The number of carbonyl (C=O) groups excluding carboxylic acids is 1. The maximum Gasteiger partial charge on any atom is 0.461 e. The minimum absolute atomic E-state index is 0.00867. The number of aryl methyl sites for hydroxylation is 1. The number of aliphatic hydroxyl groups is 1. The molecule has 9 heteroatoms. The van der Waals surface area contributed by atoms with E-state index in [0.717, 1.165) is 47.6 Å². The molecule has 0 radical (unpaired) electrons. The molecule has 0 spiro atoms. The van der Waals surface area contributed by atoms with E-state index in [2.05, 4.69) is 10.1 Å². The van der Waals surface area contributed by atoms with Crippen molar-refractivity contribution in [1.82, 2.24) is 5.32 Å². The Balaban J connectivity index is 1.44. The Bertz CT molecular complexity index is 1640. The highest BCUT2D eigenvalue weighted by atomic mass is 35.5. The zero-order valence-electron chi connectivity index (χ0n) is 23.5. The van der Waals surface area contributed by atoms with E-state index in [1.807, 2.05) is 54.6 Å². The molecule has 0 aromatic heterocycles. The fourth-order valence-corrected chi connectivity index (χ4v) is 5.48. The second kappa shape index (κ2) is 13.7. The number of nitrogens with one attached hydrogen (secondary N) is 1. The fourth-order valence-electron chi connectivity index (χ4n) is 5.29. The van der Waals surface area contributed by atoms with Gasteiger partial charge < -0.3 is 15.2 Å². The van der Waals surface area contributed by atoms with Gasteiger partial charge in [-0.05, 0) is 89.4 Å². The van der Waals surface area contributed by atoms with Crippen LogP contribution in [0.1, 0.15) is 51.6 Å². The Morgan fingerprint density at radius 2 is 1.70 bits per heavy atom. The van der Waals surface area contributed by atoms with Crippen molar-refractivity contribution in [1.29, 1.82) is 0 Å². The lowest BCUT2D eigenvalue weighted by molar-refractivity contribution is -0.253. The first-order chi connectivity index (χ1) is 21.1. The molecular weight excluding hydrogens is 594 g/mol. The molecule has 5 rings (SSSR count). The van der Waals surface area contributed by atoms with E-state index in [9.17, 15) is 27.5 Å². The van der Waals surface area contributed by atoms with Gasteiger partial charge in [-0.1, -0.05) is 84.4 Å². The largest absolute Gasteiger partial charge is 0.461 e. The zero-order valence-corrected chi connectivity index (χ0v) is 24.3. The van der Waals surface area contributed by atoms with Crippen LogP contribution in [-0.2, 0) is 12.8 Å². The van der Waals surface area contributed by atoms with Gasteiger partial charge in [-0.3, -0.25) is 4.79 Å². The van der Waals surface area contributed by atoms with Crippen molar-refractivity contribution in [2.75, 3.05) is 0 Å². The molecule has 4 aromatic carbocycles. The standard InChI is InChI=1S/C35H30ClF4NO3/c36-27-11-5-10-26(21-27)23-15-17-25(18-16-23)32(42)31(20-22-7-4-12-28(19-22)44-35(39,40)34(37)38)41-33(43)30-14-6-9-24-8-2-1-3-13-29(24)30/h3-7,9-19,21,31-32,34,42H,1-2,8,20H2,(H,41,43). The smallest absolute Gasteiger partial charge is 0.428 e. The molecule has 2 unspecified atom stereocenters.